The number of ether oxygens (including phenoxy) is 1. The number of benzene rings is 1. The quantitative estimate of drug-likeness (QED) is 0.901. The molecule has 1 unspecified atom stereocenters. The standard InChI is InChI=1S/C13H17Cl2NO/c1-16-12(13(17-2)7-4-8-13)9-5-3-6-10(14)11(9)15/h3,5-6,12,16H,4,7-8H2,1-2H3. The molecule has 2 nitrogen and oxygen atoms in total. The van der Waals surface area contributed by atoms with Crippen LogP contribution < -0.4 is 5.32 Å². The Labute approximate surface area is 112 Å². The summed E-state index contributed by atoms with van der Waals surface area (Å²) < 4.78 is 5.71. The van der Waals surface area contributed by atoms with E-state index in [1.54, 1.807) is 13.2 Å². The molecule has 1 atom stereocenters. The van der Waals surface area contributed by atoms with Crippen LogP contribution in [0.5, 0.6) is 0 Å². The molecule has 4 heteroatoms. The number of hydrogen-bond acceptors (Lipinski definition) is 2. The van der Waals surface area contributed by atoms with E-state index in [0.717, 1.165) is 18.4 Å². The number of methoxy groups -OCH3 is 1. The first-order chi connectivity index (χ1) is 8.14. The maximum atomic E-state index is 6.28. The Morgan fingerprint density at radius 1 is 1.35 bits per heavy atom. The van der Waals surface area contributed by atoms with E-state index >= 15 is 0 Å². The SMILES string of the molecule is CNC(c1cccc(Cl)c1Cl)C1(OC)CCC1. The molecule has 0 heterocycles. The van der Waals surface area contributed by atoms with Gasteiger partial charge in [0.1, 0.15) is 0 Å². The Hall–Kier alpha value is -0.280. The summed E-state index contributed by atoms with van der Waals surface area (Å²) in [5.41, 5.74) is 0.881. The Balaban J connectivity index is 2.38. The van der Waals surface area contributed by atoms with Crippen LogP contribution in [0.3, 0.4) is 0 Å². The summed E-state index contributed by atoms with van der Waals surface area (Å²) in [5, 5.41) is 4.53. The number of rotatable bonds is 4. The lowest BCUT2D eigenvalue weighted by atomic mass is 9.72. The molecule has 0 bridgehead atoms. The van der Waals surface area contributed by atoms with Gasteiger partial charge in [-0.2, -0.15) is 0 Å². The Kier molecular flexibility index (Phi) is 3.99. The van der Waals surface area contributed by atoms with Crippen molar-refractivity contribution in [3.63, 3.8) is 0 Å². The van der Waals surface area contributed by atoms with Crippen molar-refractivity contribution in [2.75, 3.05) is 14.2 Å². The molecule has 1 N–H and O–H groups in total. The summed E-state index contributed by atoms with van der Waals surface area (Å²) in [6.45, 7) is 0. The number of nitrogens with one attached hydrogen (secondary N) is 1. The van der Waals surface area contributed by atoms with E-state index in [0.29, 0.717) is 10.0 Å². The normalized spacial score (nSPS) is 19.8. The molecule has 1 aliphatic carbocycles. The van der Waals surface area contributed by atoms with Gasteiger partial charge in [-0.3, -0.25) is 0 Å². The van der Waals surface area contributed by atoms with Crippen LogP contribution in [0, 0.1) is 0 Å². The molecule has 2 rings (SSSR count). The van der Waals surface area contributed by atoms with Gasteiger partial charge in [0, 0.05) is 7.11 Å². The number of halogens is 2. The van der Waals surface area contributed by atoms with E-state index in [-0.39, 0.29) is 11.6 Å². The van der Waals surface area contributed by atoms with Gasteiger partial charge in [0.2, 0.25) is 0 Å². The first-order valence-electron chi connectivity index (χ1n) is 5.81. The predicted molar refractivity (Wildman–Crippen MR) is 71.9 cm³/mol. The summed E-state index contributed by atoms with van der Waals surface area (Å²) in [4.78, 5) is 0. The van der Waals surface area contributed by atoms with Crippen LogP contribution in [0.4, 0.5) is 0 Å². The van der Waals surface area contributed by atoms with Crippen molar-refractivity contribution in [2.24, 2.45) is 0 Å². The third-order valence-corrected chi connectivity index (χ3v) is 4.55. The highest BCUT2D eigenvalue weighted by Crippen LogP contribution is 2.46. The summed E-state index contributed by atoms with van der Waals surface area (Å²) in [6, 6.07) is 5.83. The average Bonchev–Trinajstić information content (AvgIpc) is 2.28. The molecule has 0 spiro atoms. The zero-order valence-electron chi connectivity index (χ0n) is 10.1. The highest BCUT2D eigenvalue weighted by Gasteiger charge is 2.45. The van der Waals surface area contributed by atoms with Crippen LogP contribution in [0.15, 0.2) is 18.2 Å². The monoisotopic (exact) mass is 273 g/mol. The second kappa shape index (κ2) is 5.15. The molecule has 0 aliphatic heterocycles. The molecule has 0 radical (unpaired) electrons. The molecule has 1 saturated carbocycles. The van der Waals surface area contributed by atoms with E-state index in [2.05, 4.69) is 5.32 Å². The zero-order valence-corrected chi connectivity index (χ0v) is 11.6. The minimum atomic E-state index is -0.136. The minimum absolute atomic E-state index is 0.0902. The molecule has 1 aromatic carbocycles. The highest BCUT2D eigenvalue weighted by atomic mass is 35.5. The van der Waals surface area contributed by atoms with Crippen molar-refractivity contribution in [3.8, 4) is 0 Å². The molecular weight excluding hydrogens is 257 g/mol. The molecule has 0 aromatic heterocycles. The average molecular weight is 274 g/mol. The third kappa shape index (κ3) is 2.19. The van der Waals surface area contributed by atoms with Gasteiger partial charge in [0.05, 0.1) is 21.7 Å². The van der Waals surface area contributed by atoms with Crippen LogP contribution >= 0.6 is 23.2 Å². The van der Waals surface area contributed by atoms with Crippen molar-refractivity contribution in [1.29, 1.82) is 0 Å². The minimum Gasteiger partial charge on any atom is -0.376 e. The lowest BCUT2D eigenvalue weighted by molar-refractivity contribution is -0.0982. The smallest absolute Gasteiger partial charge is 0.0873 e. The Morgan fingerprint density at radius 3 is 2.53 bits per heavy atom. The maximum Gasteiger partial charge on any atom is 0.0873 e. The third-order valence-electron chi connectivity index (χ3n) is 3.71. The fraction of sp³-hybridized carbons (Fsp3) is 0.538. The van der Waals surface area contributed by atoms with Gasteiger partial charge in [-0.25, -0.2) is 0 Å². The summed E-state index contributed by atoms with van der Waals surface area (Å²) in [6.07, 6.45) is 3.31. The van der Waals surface area contributed by atoms with Crippen LogP contribution in [0.2, 0.25) is 10.0 Å². The van der Waals surface area contributed by atoms with Gasteiger partial charge in [-0.15, -0.1) is 0 Å². The predicted octanol–water partition coefficient (Wildman–Crippen LogP) is 3.82. The van der Waals surface area contributed by atoms with Crippen LogP contribution in [0.25, 0.3) is 0 Å². The van der Waals surface area contributed by atoms with Crippen LogP contribution in [-0.4, -0.2) is 19.8 Å². The van der Waals surface area contributed by atoms with Crippen molar-refractivity contribution >= 4 is 23.2 Å². The maximum absolute atomic E-state index is 6.28. The van der Waals surface area contributed by atoms with E-state index in [4.69, 9.17) is 27.9 Å². The molecular formula is C13H17Cl2NO. The largest absolute Gasteiger partial charge is 0.376 e. The fourth-order valence-corrected chi connectivity index (χ4v) is 3.00. The first-order valence-corrected chi connectivity index (χ1v) is 6.56. The van der Waals surface area contributed by atoms with Gasteiger partial charge >= 0.3 is 0 Å². The highest BCUT2D eigenvalue weighted by molar-refractivity contribution is 6.42. The zero-order chi connectivity index (χ0) is 12.5. The van der Waals surface area contributed by atoms with Gasteiger partial charge in [-0.05, 0) is 37.9 Å². The molecule has 1 aromatic rings. The lowest BCUT2D eigenvalue weighted by Crippen LogP contribution is -2.49. The van der Waals surface area contributed by atoms with Gasteiger partial charge in [0.25, 0.3) is 0 Å². The summed E-state index contributed by atoms with van der Waals surface area (Å²) >= 11 is 12.4. The van der Waals surface area contributed by atoms with E-state index in [1.807, 2.05) is 19.2 Å². The molecule has 0 amide bonds. The number of hydrogen-bond donors (Lipinski definition) is 1. The van der Waals surface area contributed by atoms with Crippen LogP contribution in [0.1, 0.15) is 30.9 Å². The van der Waals surface area contributed by atoms with Crippen molar-refractivity contribution in [3.05, 3.63) is 33.8 Å². The van der Waals surface area contributed by atoms with E-state index < -0.39 is 0 Å². The molecule has 1 fully saturated rings. The Bertz CT molecular complexity index is 399. The van der Waals surface area contributed by atoms with E-state index in [9.17, 15) is 0 Å². The van der Waals surface area contributed by atoms with Gasteiger partial charge in [-0.1, -0.05) is 35.3 Å². The Morgan fingerprint density at radius 2 is 2.06 bits per heavy atom. The number of likely N-dealkylation sites (N-methyl/N-ethyl adjacent to an activating group) is 1. The molecule has 17 heavy (non-hydrogen) atoms. The second-order valence-electron chi connectivity index (χ2n) is 4.49. The lowest BCUT2D eigenvalue weighted by Gasteiger charge is -2.46. The second-order valence-corrected chi connectivity index (χ2v) is 5.27. The first kappa shape index (κ1) is 13.2. The molecule has 1 aliphatic rings. The summed E-state index contributed by atoms with van der Waals surface area (Å²) in [7, 11) is 3.70. The van der Waals surface area contributed by atoms with Crippen molar-refractivity contribution in [1.82, 2.24) is 5.32 Å². The van der Waals surface area contributed by atoms with Crippen LogP contribution in [-0.2, 0) is 4.74 Å². The molecule has 0 saturated heterocycles. The van der Waals surface area contributed by atoms with Crippen molar-refractivity contribution in [2.45, 2.75) is 30.9 Å². The molecule has 94 valence electrons. The van der Waals surface area contributed by atoms with E-state index in [1.165, 1.54) is 6.42 Å². The van der Waals surface area contributed by atoms with Gasteiger partial charge < -0.3 is 10.1 Å². The topological polar surface area (TPSA) is 21.3 Å². The van der Waals surface area contributed by atoms with Crippen molar-refractivity contribution < 1.29 is 4.74 Å². The fourth-order valence-electron chi connectivity index (χ4n) is 2.58. The van der Waals surface area contributed by atoms with Gasteiger partial charge in [0.15, 0.2) is 0 Å². The summed E-state index contributed by atoms with van der Waals surface area (Å²) in [5.74, 6) is 0.